The van der Waals surface area contributed by atoms with Crippen molar-refractivity contribution in [3.05, 3.63) is 92.0 Å². The first-order chi connectivity index (χ1) is 19.0. The molecule has 0 aliphatic heterocycles. The molecule has 0 spiro atoms. The molecule has 1 N–H and O–H groups in total. The van der Waals surface area contributed by atoms with E-state index in [2.05, 4.69) is 27.9 Å². The minimum absolute atomic E-state index is 0.0450. The highest BCUT2D eigenvalue weighted by Gasteiger charge is 2.34. The van der Waals surface area contributed by atoms with E-state index in [1.807, 2.05) is 13.8 Å². The predicted molar refractivity (Wildman–Crippen MR) is 169 cm³/mol. The van der Waals surface area contributed by atoms with Crippen LogP contribution in [0, 0.1) is 3.57 Å². The summed E-state index contributed by atoms with van der Waals surface area (Å²) in [5, 5.41) is 3.63. The maximum absolute atomic E-state index is 14.1. The first-order valence-electron chi connectivity index (χ1n) is 12.9. The van der Waals surface area contributed by atoms with E-state index in [9.17, 15) is 18.0 Å². The van der Waals surface area contributed by atoms with Gasteiger partial charge in [-0.3, -0.25) is 13.9 Å². The van der Waals surface area contributed by atoms with Gasteiger partial charge in [0.2, 0.25) is 11.8 Å². The summed E-state index contributed by atoms with van der Waals surface area (Å²) in [4.78, 5) is 28.9. The Balaban J connectivity index is 2.08. The van der Waals surface area contributed by atoms with Crippen molar-refractivity contribution >= 4 is 73.3 Å². The molecule has 0 aliphatic carbocycles. The molecule has 2 atom stereocenters. The molecular weight excluding hydrogens is 684 g/mol. The van der Waals surface area contributed by atoms with E-state index < -0.39 is 28.5 Å². The number of carbonyl (C=O) groups excluding carboxylic acids is 2. The molecule has 40 heavy (non-hydrogen) atoms. The first kappa shape index (κ1) is 32.2. The van der Waals surface area contributed by atoms with Gasteiger partial charge >= 0.3 is 0 Å². The first-order valence-corrected chi connectivity index (χ1v) is 16.1. The summed E-state index contributed by atoms with van der Waals surface area (Å²) < 4.78 is 29.6. The van der Waals surface area contributed by atoms with E-state index in [1.165, 1.54) is 17.0 Å². The zero-order valence-corrected chi connectivity index (χ0v) is 27.0. The fourth-order valence-corrected chi connectivity index (χ4v) is 6.38. The van der Waals surface area contributed by atoms with E-state index in [4.69, 9.17) is 23.2 Å². The monoisotopic (exact) mass is 715 g/mol. The Bertz CT molecular complexity index is 1400. The van der Waals surface area contributed by atoms with Crippen LogP contribution in [0.3, 0.4) is 0 Å². The number of rotatable bonds is 12. The number of nitrogens with zero attached hydrogens (tertiary/aromatic N) is 2. The van der Waals surface area contributed by atoms with Gasteiger partial charge in [0.1, 0.15) is 12.6 Å². The second-order valence-corrected chi connectivity index (χ2v) is 13.2. The number of sulfonamides is 1. The topological polar surface area (TPSA) is 86.8 Å². The number of nitrogens with one attached hydrogen (secondary N) is 1. The van der Waals surface area contributed by atoms with Gasteiger partial charge in [0.25, 0.3) is 10.0 Å². The molecule has 0 heterocycles. The van der Waals surface area contributed by atoms with Crippen LogP contribution in [0.2, 0.25) is 10.0 Å². The lowest BCUT2D eigenvalue weighted by molar-refractivity contribution is -0.140. The third-order valence-corrected chi connectivity index (χ3v) is 9.72. The molecule has 2 amide bonds. The molecule has 0 aliphatic rings. The summed E-state index contributed by atoms with van der Waals surface area (Å²) in [6.07, 6.45) is 1.01. The number of benzene rings is 3. The third kappa shape index (κ3) is 7.90. The van der Waals surface area contributed by atoms with E-state index in [1.54, 1.807) is 67.6 Å². The predicted octanol–water partition coefficient (Wildman–Crippen LogP) is 6.52. The molecule has 3 rings (SSSR count). The molecule has 0 saturated heterocycles. The second-order valence-electron chi connectivity index (χ2n) is 9.26. The van der Waals surface area contributed by atoms with Crippen LogP contribution in [0.1, 0.15) is 39.2 Å². The normalized spacial score (nSPS) is 12.8. The number of anilines is 1. The summed E-state index contributed by atoms with van der Waals surface area (Å²) in [5.41, 5.74) is 0.797. The number of amides is 2. The van der Waals surface area contributed by atoms with Crippen molar-refractivity contribution < 1.29 is 18.0 Å². The van der Waals surface area contributed by atoms with Crippen LogP contribution in [-0.4, -0.2) is 43.8 Å². The SMILES string of the molecule is CCC(C)NC(=O)C(CC)N(Cc1c(Cl)cccc1Cl)C(=O)CN(c1ccc(I)cc1)S(=O)(=O)c1ccccc1. The zero-order chi connectivity index (χ0) is 29.4. The van der Waals surface area contributed by atoms with Gasteiger partial charge in [0.05, 0.1) is 10.6 Å². The van der Waals surface area contributed by atoms with Crippen molar-refractivity contribution in [3.8, 4) is 0 Å². The molecule has 0 radical (unpaired) electrons. The summed E-state index contributed by atoms with van der Waals surface area (Å²) >= 11 is 15.0. The van der Waals surface area contributed by atoms with Crippen LogP contribution < -0.4 is 9.62 Å². The van der Waals surface area contributed by atoms with Crippen molar-refractivity contribution in [3.63, 3.8) is 0 Å². The zero-order valence-electron chi connectivity index (χ0n) is 22.5. The van der Waals surface area contributed by atoms with E-state index in [0.29, 0.717) is 34.1 Å². The molecule has 3 aromatic rings. The molecule has 0 aromatic heterocycles. The van der Waals surface area contributed by atoms with Gasteiger partial charge < -0.3 is 10.2 Å². The molecule has 214 valence electrons. The van der Waals surface area contributed by atoms with Crippen molar-refractivity contribution in [2.75, 3.05) is 10.8 Å². The van der Waals surface area contributed by atoms with Crippen LogP contribution in [-0.2, 0) is 26.2 Å². The fraction of sp³-hybridized carbons (Fsp3) is 0.310. The highest BCUT2D eigenvalue weighted by molar-refractivity contribution is 14.1. The highest BCUT2D eigenvalue weighted by Crippen LogP contribution is 2.29. The van der Waals surface area contributed by atoms with Crippen LogP contribution in [0.5, 0.6) is 0 Å². The van der Waals surface area contributed by atoms with Gasteiger partial charge in [-0.25, -0.2) is 8.42 Å². The van der Waals surface area contributed by atoms with Gasteiger partial charge in [0, 0.05) is 31.8 Å². The minimum atomic E-state index is -4.13. The highest BCUT2D eigenvalue weighted by atomic mass is 127. The van der Waals surface area contributed by atoms with Crippen molar-refractivity contribution in [1.82, 2.24) is 10.2 Å². The van der Waals surface area contributed by atoms with E-state index >= 15 is 0 Å². The van der Waals surface area contributed by atoms with Crippen molar-refractivity contribution in [1.29, 1.82) is 0 Å². The van der Waals surface area contributed by atoms with Gasteiger partial charge in [-0.1, -0.05) is 61.3 Å². The van der Waals surface area contributed by atoms with Gasteiger partial charge in [0.15, 0.2) is 0 Å². The van der Waals surface area contributed by atoms with Crippen LogP contribution in [0.4, 0.5) is 5.69 Å². The van der Waals surface area contributed by atoms with Crippen LogP contribution >= 0.6 is 45.8 Å². The van der Waals surface area contributed by atoms with Crippen molar-refractivity contribution in [2.45, 2.75) is 57.1 Å². The van der Waals surface area contributed by atoms with Crippen LogP contribution in [0.25, 0.3) is 0 Å². The molecule has 11 heteroatoms. The maximum atomic E-state index is 14.1. The number of hydrogen-bond acceptors (Lipinski definition) is 4. The average Bonchev–Trinajstić information content (AvgIpc) is 2.93. The molecule has 0 saturated carbocycles. The third-order valence-electron chi connectivity index (χ3n) is 6.50. The Hall–Kier alpha value is -2.34. The minimum Gasteiger partial charge on any atom is -0.352 e. The molecule has 3 aromatic carbocycles. The summed E-state index contributed by atoms with van der Waals surface area (Å²) in [6.45, 7) is 5.02. The quantitative estimate of drug-likeness (QED) is 0.217. The largest absolute Gasteiger partial charge is 0.352 e. The van der Waals surface area contributed by atoms with Crippen LogP contribution in [0.15, 0.2) is 77.7 Å². The Kier molecular flexibility index (Phi) is 11.7. The number of halogens is 3. The van der Waals surface area contributed by atoms with E-state index in [0.717, 1.165) is 7.88 Å². The summed E-state index contributed by atoms with van der Waals surface area (Å²) in [7, 11) is -4.13. The van der Waals surface area contributed by atoms with Gasteiger partial charge in [-0.15, -0.1) is 0 Å². The number of carbonyl (C=O) groups is 2. The standard InChI is InChI=1S/C29H32Cl2IN3O4S/c1-4-20(3)33-29(37)27(5-2)34(18-24-25(30)12-9-13-26(24)31)28(36)19-35(22-16-14-21(32)15-17-22)40(38,39)23-10-7-6-8-11-23/h6-17,20,27H,4-5,18-19H2,1-3H3,(H,33,37). The second kappa shape index (κ2) is 14.5. The van der Waals surface area contributed by atoms with Crippen molar-refractivity contribution in [2.24, 2.45) is 0 Å². The lowest BCUT2D eigenvalue weighted by Crippen LogP contribution is -2.53. The lowest BCUT2D eigenvalue weighted by atomic mass is 10.1. The Morgan fingerprint density at radius 2 is 1.50 bits per heavy atom. The summed E-state index contributed by atoms with van der Waals surface area (Å²) in [6, 6.07) is 18.8. The maximum Gasteiger partial charge on any atom is 0.264 e. The average molecular weight is 716 g/mol. The van der Waals surface area contributed by atoms with Gasteiger partial charge in [-0.2, -0.15) is 0 Å². The Labute approximate surface area is 260 Å². The Morgan fingerprint density at radius 3 is 2.05 bits per heavy atom. The fourth-order valence-electron chi connectivity index (χ4n) is 4.07. The summed E-state index contributed by atoms with van der Waals surface area (Å²) in [5.74, 6) is -0.902. The van der Waals surface area contributed by atoms with E-state index in [-0.39, 0.29) is 23.4 Å². The lowest BCUT2D eigenvalue weighted by Gasteiger charge is -2.34. The smallest absolute Gasteiger partial charge is 0.264 e. The molecule has 7 nitrogen and oxygen atoms in total. The molecular formula is C29H32Cl2IN3O4S. The molecule has 0 fully saturated rings. The number of hydrogen-bond donors (Lipinski definition) is 1. The van der Waals surface area contributed by atoms with Gasteiger partial charge in [-0.05, 0) is 90.9 Å². The molecule has 2 unspecified atom stereocenters. The molecule has 0 bridgehead atoms. The Morgan fingerprint density at radius 1 is 0.900 bits per heavy atom.